The normalized spacial score (nSPS) is 17.0. The molecule has 1 saturated heterocycles. The molecule has 3 rings (SSSR count). The van der Waals surface area contributed by atoms with Crippen molar-refractivity contribution in [1.82, 2.24) is 15.6 Å². The van der Waals surface area contributed by atoms with Gasteiger partial charge in [0.1, 0.15) is 5.52 Å². The summed E-state index contributed by atoms with van der Waals surface area (Å²) in [6.07, 6.45) is 2.94. The predicted molar refractivity (Wildman–Crippen MR) is 91.8 cm³/mol. The molecule has 1 aliphatic rings. The minimum atomic E-state index is 0.0336. The van der Waals surface area contributed by atoms with Crippen molar-refractivity contribution < 1.29 is 13.9 Å². The van der Waals surface area contributed by atoms with E-state index >= 15 is 0 Å². The van der Waals surface area contributed by atoms with Gasteiger partial charge in [0.2, 0.25) is 5.91 Å². The van der Waals surface area contributed by atoms with Crippen LogP contribution in [-0.4, -0.2) is 44.2 Å². The molecule has 0 aliphatic carbocycles. The van der Waals surface area contributed by atoms with E-state index in [1.165, 1.54) is 0 Å². The summed E-state index contributed by atoms with van der Waals surface area (Å²) in [5.41, 5.74) is 1.65. The molecular formula is C18H25N3O3. The molecule has 0 radical (unpaired) electrons. The lowest BCUT2D eigenvalue weighted by atomic mass is 9.79. The third-order valence-corrected chi connectivity index (χ3v) is 4.68. The Bertz CT molecular complexity index is 638. The number of nitrogens with one attached hydrogen (secondary N) is 2. The number of para-hydroxylation sites is 2. The predicted octanol–water partition coefficient (Wildman–Crippen LogP) is 1.89. The number of hydrogen-bond donors (Lipinski definition) is 2. The number of nitrogens with zero attached hydrogens (tertiary/aromatic N) is 1. The zero-order valence-electron chi connectivity index (χ0n) is 14.1. The summed E-state index contributed by atoms with van der Waals surface area (Å²) in [5, 5.41) is 6.42. The maximum Gasteiger partial charge on any atom is 0.220 e. The van der Waals surface area contributed by atoms with Crippen LogP contribution in [0.5, 0.6) is 0 Å². The average molecular weight is 331 g/mol. The Morgan fingerprint density at radius 1 is 1.38 bits per heavy atom. The fourth-order valence-electron chi connectivity index (χ4n) is 3.26. The van der Waals surface area contributed by atoms with E-state index in [1.54, 1.807) is 7.11 Å². The molecule has 1 aromatic heterocycles. The molecule has 2 aromatic rings. The van der Waals surface area contributed by atoms with E-state index in [0.29, 0.717) is 31.9 Å². The number of benzene rings is 1. The molecular weight excluding hydrogens is 306 g/mol. The van der Waals surface area contributed by atoms with E-state index in [9.17, 15) is 4.79 Å². The average Bonchev–Trinajstić information content (AvgIpc) is 3.02. The quantitative estimate of drug-likeness (QED) is 0.810. The van der Waals surface area contributed by atoms with Gasteiger partial charge in [-0.1, -0.05) is 12.1 Å². The molecule has 6 heteroatoms. The van der Waals surface area contributed by atoms with Crippen molar-refractivity contribution in [3.63, 3.8) is 0 Å². The summed E-state index contributed by atoms with van der Waals surface area (Å²) < 4.78 is 11.0. The van der Waals surface area contributed by atoms with Crippen molar-refractivity contribution in [3.05, 3.63) is 30.2 Å². The summed E-state index contributed by atoms with van der Waals surface area (Å²) in [4.78, 5) is 16.6. The molecule has 2 heterocycles. The van der Waals surface area contributed by atoms with Crippen LogP contribution in [0.25, 0.3) is 11.1 Å². The molecule has 1 fully saturated rings. The Kier molecular flexibility index (Phi) is 5.48. The maximum atomic E-state index is 12.2. The van der Waals surface area contributed by atoms with Gasteiger partial charge < -0.3 is 19.8 Å². The van der Waals surface area contributed by atoms with Crippen LogP contribution in [0.4, 0.5) is 0 Å². The van der Waals surface area contributed by atoms with E-state index in [2.05, 4.69) is 15.6 Å². The number of hydrogen-bond acceptors (Lipinski definition) is 5. The highest BCUT2D eigenvalue weighted by molar-refractivity contribution is 5.76. The van der Waals surface area contributed by atoms with Crippen LogP contribution >= 0.6 is 0 Å². The number of methoxy groups -OCH3 is 1. The number of fused-ring (bicyclic) bond motifs is 1. The molecule has 130 valence electrons. The van der Waals surface area contributed by atoms with Gasteiger partial charge in [0, 0.05) is 31.9 Å². The second-order valence-electron chi connectivity index (χ2n) is 6.54. The largest absolute Gasteiger partial charge is 0.441 e. The number of aryl methyl sites for hydroxylation is 1. The van der Waals surface area contributed by atoms with Crippen LogP contribution in [0.15, 0.2) is 28.7 Å². The summed E-state index contributed by atoms with van der Waals surface area (Å²) >= 11 is 0. The molecule has 24 heavy (non-hydrogen) atoms. The summed E-state index contributed by atoms with van der Waals surface area (Å²) in [6.45, 7) is 3.29. The van der Waals surface area contributed by atoms with Gasteiger partial charge in [-0.3, -0.25) is 4.79 Å². The smallest absolute Gasteiger partial charge is 0.220 e. The van der Waals surface area contributed by atoms with Crippen molar-refractivity contribution in [2.45, 2.75) is 25.7 Å². The van der Waals surface area contributed by atoms with Gasteiger partial charge in [0.15, 0.2) is 11.5 Å². The lowest BCUT2D eigenvalue weighted by Crippen LogP contribution is -2.47. The maximum absolute atomic E-state index is 12.2. The van der Waals surface area contributed by atoms with Crippen molar-refractivity contribution in [2.24, 2.45) is 5.41 Å². The minimum absolute atomic E-state index is 0.0336. The van der Waals surface area contributed by atoms with Gasteiger partial charge in [-0.15, -0.1) is 0 Å². The number of carbonyl (C=O) groups excluding carboxylic acids is 1. The number of rotatable bonds is 7. The number of amides is 1. The topological polar surface area (TPSA) is 76.4 Å². The van der Waals surface area contributed by atoms with Crippen molar-refractivity contribution >= 4 is 17.0 Å². The molecule has 0 unspecified atom stereocenters. The van der Waals surface area contributed by atoms with Gasteiger partial charge in [0.05, 0.1) is 6.61 Å². The Morgan fingerprint density at radius 2 is 2.17 bits per heavy atom. The number of ether oxygens (including phenoxy) is 1. The second kappa shape index (κ2) is 7.77. The van der Waals surface area contributed by atoms with Crippen LogP contribution in [0.2, 0.25) is 0 Å². The molecule has 2 N–H and O–H groups in total. The van der Waals surface area contributed by atoms with E-state index in [-0.39, 0.29) is 11.3 Å². The molecule has 0 spiro atoms. The monoisotopic (exact) mass is 331 g/mol. The van der Waals surface area contributed by atoms with Crippen molar-refractivity contribution in [1.29, 1.82) is 0 Å². The van der Waals surface area contributed by atoms with Crippen LogP contribution in [0.1, 0.15) is 25.2 Å². The Labute approximate surface area is 142 Å². The first-order valence-electron chi connectivity index (χ1n) is 8.52. The van der Waals surface area contributed by atoms with E-state index < -0.39 is 0 Å². The number of oxazole rings is 1. The lowest BCUT2D eigenvalue weighted by Gasteiger charge is -2.37. The Hall–Kier alpha value is -1.92. The first-order valence-corrected chi connectivity index (χ1v) is 8.52. The fraction of sp³-hybridized carbons (Fsp3) is 0.556. The Morgan fingerprint density at radius 3 is 2.92 bits per heavy atom. The standard InChI is InChI=1S/C18H25N3O3/c1-23-13-18(8-10-19-11-9-18)12-20-16(22)6-7-17-21-14-4-2-3-5-15(14)24-17/h2-5,19H,6-13H2,1H3,(H,20,22). The first-order chi connectivity index (χ1) is 11.7. The highest BCUT2D eigenvalue weighted by Crippen LogP contribution is 2.28. The van der Waals surface area contributed by atoms with Crippen LogP contribution in [0, 0.1) is 5.41 Å². The highest BCUT2D eigenvalue weighted by Gasteiger charge is 2.32. The van der Waals surface area contributed by atoms with Crippen LogP contribution < -0.4 is 10.6 Å². The SMILES string of the molecule is COCC1(CNC(=O)CCc2nc3ccccc3o2)CCNCC1. The molecule has 0 saturated carbocycles. The van der Waals surface area contributed by atoms with E-state index in [4.69, 9.17) is 9.15 Å². The van der Waals surface area contributed by atoms with Gasteiger partial charge in [-0.05, 0) is 38.1 Å². The van der Waals surface area contributed by atoms with Crippen LogP contribution in [0.3, 0.4) is 0 Å². The van der Waals surface area contributed by atoms with Gasteiger partial charge >= 0.3 is 0 Å². The fourth-order valence-corrected chi connectivity index (χ4v) is 3.26. The van der Waals surface area contributed by atoms with Crippen LogP contribution in [-0.2, 0) is 16.0 Å². The zero-order valence-corrected chi connectivity index (χ0v) is 14.1. The third-order valence-electron chi connectivity index (χ3n) is 4.68. The van der Waals surface area contributed by atoms with E-state index in [0.717, 1.165) is 37.0 Å². The molecule has 1 aromatic carbocycles. The zero-order chi connectivity index (χ0) is 16.8. The highest BCUT2D eigenvalue weighted by atomic mass is 16.5. The molecule has 0 atom stereocenters. The van der Waals surface area contributed by atoms with E-state index in [1.807, 2.05) is 24.3 Å². The summed E-state index contributed by atoms with van der Waals surface area (Å²) in [7, 11) is 1.72. The van der Waals surface area contributed by atoms with Gasteiger partial charge in [-0.25, -0.2) is 4.98 Å². The summed E-state index contributed by atoms with van der Waals surface area (Å²) in [6, 6.07) is 7.64. The molecule has 1 amide bonds. The molecule has 6 nitrogen and oxygen atoms in total. The number of piperidine rings is 1. The summed E-state index contributed by atoms with van der Waals surface area (Å²) in [5.74, 6) is 0.645. The first kappa shape index (κ1) is 16.9. The number of carbonyl (C=O) groups is 1. The third kappa shape index (κ3) is 4.13. The van der Waals surface area contributed by atoms with Crippen molar-refractivity contribution in [2.75, 3.05) is 33.4 Å². The minimum Gasteiger partial charge on any atom is -0.441 e. The van der Waals surface area contributed by atoms with Gasteiger partial charge in [0.25, 0.3) is 0 Å². The van der Waals surface area contributed by atoms with Gasteiger partial charge in [-0.2, -0.15) is 0 Å². The number of aromatic nitrogens is 1. The lowest BCUT2D eigenvalue weighted by molar-refractivity contribution is -0.122. The molecule has 1 aliphatic heterocycles. The van der Waals surface area contributed by atoms with Crippen molar-refractivity contribution in [3.8, 4) is 0 Å². The Balaban J connectivity index is 1.49. The molecule has 0 bridgehead atoms. The second-order valence-corrected chi connectivity index (χ2v) is 6.54.